The quantitative estimate of drug-likeness (QED) is 0.0565. The number of benzene rings is 1. The second-order valence-corrected chi connectivity index (χ2v) is 13.4. The lowest BCUT2D eigenvalue weighted by Gasteiger charge is -2.35. The average molecular weight is 700 g/mol. The molecule has 0 radical (unpaired) electrons. The standard InChI is InChI=1S/C36H53N5O9/c1-5-6-7-8-9-20-29(36(3,4)35(47)39-26-17-13-15-22-41(48)33(26)45)50-34(46)27(18-12-14-21-37-23-42)38-31(44)30-24(2)49-32(40-30)25-16-10-11-19-28(25)43/h10-11,16,19,23,26-27,29,43,48H,5-9,12-15,17-18,20-22H2,1-4H3,(H,37,42)(H,38,44)(H,39,47). The number of para-hydroxylation sites is 1. The molecule has 4 amide bonds. The van der Waals surface area contributed by atoms with Crippen molar-refractivity contribution >= 4 is 30.1 Å². The van der Waals surface area contributed by atoms with E-state index in [-0.39, 0.29) is 36.1 Å². The van der Waals surface area contributed by atoms with E-state index in [1.807, 2.05) is 0 Å². The summed E-state index contributed by atoms with van der Waals surface area (Å²) in [7, 11) is 0. The van der Waals surface area contributed by atoms with E-state index in [9.17, 15) is 34.3 Å². The first-order valence-electron chi connectivity index (χ1n) is 17.7. The van der Waals surface area contributed by atoms with E-state index < -0.39 is 47.3 Å². The monoisotopic (exact) mass is 699 g/mol. The molecule has 5 N–H and O–H groups in total. The molecule has 3 atom stereocenters. The largest absolute Gasteiger partial charge is 0.507 e. The van der Waals surface area contributed by atoms with Crippen molar-refractivity contribution in [3.63, 3.8) is 0 Å². The third-order valence-electron chi connectivity index (χ3n) is 9.07. The van der Waals surface area contributed by atoms with Crippen LogP contribution in [0.25, 0.3) is 11.5 Å². The Hall–Kier alpha value is -4.46. The molecule has 0 bridgehead atoms. The minimum atomic E-state index is -1.27. The van der Waals surface area contributed by atoms with E-state index in [0.29, 0.717) is 68.5 Å². The number of hydroxylamine groups is 2. The van der Waals surface area contributed by atoms with Crippen LogP contribution in [0.5, 0.6) is 5.75 Å². The maximum atomic E-state index is 13.9. The number of amides is 4. The van der Waals surface area contributed by atoms with E-state index >= 15 is 0 Å². The zero-order valence-corrected chi connectivity index (χ0v) is 29.7. The van der Waals surface area contributed by atoms with Crippen LogP contribution in [0.4, 0.5) is 0 Å². The Balaban J connectivity index is 1.83. The van der Waals surface area contributed by atoms with Gasteiger partial charge in [-0.15, -0.1) is 0 Å². The molecule has 276 valence electrons. The van der Waals surface area contributed by atoms with Gasteiger partial charge >= 0.3 is 5.97 Å². The van der Waals surface area contributed by atoms with E-state index in [2.05, 4.69) is 27.9 Å². The summed E-state index contributed by atoms with van der Waals surface area (Å²) in [6.07, 6.45) is 7.48. The smallest absolute Gasteiger partial charge is 0.328 e. The van der Waals surface area contributed by atoms with E-state index in [1.54, 1.807) is 39.0 Å². The zero-order valence-electron chi connectivity index (χ0n) is 29.7. The SMILES string of the molecule is CCCCCCCC(OC(=O)C(CCCCNC=O)NC(=O)c1nc(-c2ccccc2O)oc1C)C(C)(C)C(=O)NC1CCCCN(O)C1=O. The van der Waals surface area contributed by atoms with Crippen LogP contribution in [0.2, 0.25) is 0 Å². The predicted octanol–water partition coefficient (Wildman–Crippen LogP) is 4.56. The van der Waals surface area contributed by atoms with Gasteiger partial charge in [0.05, 0.1) is 11.0 Å². The lowest BCUT2D eigenvalue weighted by molar-refractivity contribution is -0.169. The molecule has 14 nitrogen and oxygen atoms in total. The lowest BCUT2D eigenvalue weighted by atomic mass is 9.82. The first kappa shape index (κ1) is 40.0. The molecule has 0 spiro atoms. The second kappa shape index (κ2) is 19.7. The number of carbonyl (C=O) groups is 5. The Labute approximate surface area is 293 Å². The van der Waals surface area contributed by atoms with E-state index in [4.69, 9.17) is 9.15 Å². The zero-order chi connectivity index (χ0) is 36.7. The molecule has 1 aliphatic heterocycles. The number of oxazole rings is 1. The van der Waals surface area contributed by atoms with Crippen molar-refractivity contribution in [1.82, 2.24) is 26.0 Å². The van der Waals surface area contributed by atoms with Crippen LogP contribution in [-0.2, 0) is 23.9 Å². The normalized spacial score (nSPS) is 16.2. The van der Waals surface area contributed by atoms with Crippen molar-refractivity contribution in [1.29, 1.82) is 0 Å². The third-order valence-corrected chi connectivity index (χ3v) is 9.07. The highest BCUT2D eigenvalue weighted by molar-refractivity contribution is 5.96. The first-order chi connectivity index (χ1) is 23.9. The number of aromatic nitrogens is 1. The van der Waals surface area contributed by atoms with Gasteiger partial charge in [-0.05, 0) is 84.3 Å². The van der Waals surface area contributed by atoms with E-state index in [1.165, 1.54) is 6.07 Å². The molecule has 1 saturated heterocycles. The van der Waals surface area contributed by atoms with Crippen LogP contribution in [0.15, 0.2) is 28.7 Å². The molecule has 3 rings (SSSR count). The van der Waals surface area contributed by atoms with Gasteiger partial charge < -0.3 is 30.2 Å². The van der Waals surface area contributed by atoms with E-state index in [0.717, 1.165) is 25.7 Å². The first-order valence-corrected chi connectivity index (χ1v) is 17.7. The molecule has 14 heteroatoms. The number of unbranched alkanes of at least 4 members (excludes halogenated alkanes) is 5. The van der Waals surface area contributed by atoms with Crippen molar-refractivity contribution in [2.45, 2.75) is 123 Å². The summed E-state index contributed by atoms with van der Waals surface area (Å²) in [5.41, 5.74) is -1.04. The maximum Gasteiger partial charge on any atom is 0.328 e. The van der Waals surface area contributed by atoms with Gasteiger partial charge in [0.25, 0.3) is 11.8 Å². The maximum absolute atomic E-state index is 13.9. The Bertz CT molecular complexity index is 1440. The van der Waals surface area contributed by atoms with Gasteiger partial charge in [-0.3, -0.25) is 24.4 Å². The van der Waals surface area contributed by atoms with Crippen LogP contribution < -0.4 is 16.0 Å². The molecule has 1 aromatic carbocycles. The fourth-order valence-corrected chi connectivity index (χ4v) is 5.86. The van der Waals surface area contributed by atoms with Crippen LogP contribution in [0.3, 0.4) is 0 Å². The number of aromatic hydroxyl groups is 1. The molecule has 50 heavy (non-hydrogen) atoms. The van der Waals surface area contributed by atoms with Crippen LogP contribution in [0, 0.1) is 12.3 Å². The highest BCUT2D eigenvalue weighted by Crippen LogP contribution is 2.31. The number of phenolic OH excluding ortho intramolecular Hbond substituents is 1. The number of aryl methyl sites for hydroxylation is 1. The molecular weight excluding hydrogens is 646 g/mol. The van der Waals surface area contributed by atoms with Gasteiger partial charge in [-0.2, -0.15) is 0 Å². The number of nitrogens with zero attached hydrogens (tertiary/aromatic N) is 2. The molecular formula is C36H53N5O9. The fourth-order valence-electron chi connectivity index (χ4n) is 5.86. The molecule has 1 aliphatic rings. The highest BCUT2D eigenvalue weighted by atomic mass is 16.5. The Morgan fingerprint density at radius 1 is 1.10 bits per heavy atom. The fraction of sp³-hybridized carbons (Fsp3) is 0.611. The van der Waals surface area contributed by atoms with Gasteiger partial charge in [-0.1, -0.05) is 44.7 Å². The summed E-state index contributed by atoms with van der Waals surface area (Å²) >= 11 is 0. The number of carbonyl (C=O) groups excluding carboxylic acids is 5. The molecule has 0 aliphatic carbocycles. The number of phenols is 1. The molecule has 1 aromatic heterocycles. The van der Waals surface area contributed by atoms with Gasteiger partial charge in [0.2, 0.25) is 18.2 Å². The summed E-state index contributed by atoms with van der Waals surface area (Å²) in [6.45, 7) is 7.54. The molecule has 2 aromatic rings. The minimum absolute atomic E-state index is 0.0391. The Kier molecular flexibility index (Phi) is 15.7. The van der Waals surface area contributed by atoms with Crippen molar-refractivity contribution in [3.8, 4) is 17.2 Å². The lowest BCUT2D eigenvalue weighted by Crippen LogP contribution is -2.54. The third kappa shape index (κ3) is 11.3. The summed E-state index contributed by atoms with van der Waals surface area (Å²) in [5, 5.41) is 29.1. The van der Waals surface area contributed by atoms with Crippen molar-refractivity contribution in [2.75, 3.05) is 13.1 Å². The Morgan fingerprint density at radius 2 is 1.82 bits per heavy atom. The summed E-state index contributed by atoms with van der Waals surface area (Å²) in [4.78, 5) is 68.9. The van der Waals surface area contributed by atoms with Crippen LogP contribution in [0.1, 0.15) is 114 Å². The Morgan fingerprint density at radius 3 is 2.54 bits per heavy atom. The number of hydrogen-bond donors (Lipinski definition) is 5. The number of esters is 1. The van der Waals surface area contributed by atoms with Gasteiger partial charge in [0.1, 0.15) is 29.7 Å². The summed E-state index contributed by atoms with van der Waals surface area (Å²) in [5.74, 6) is -2.36. The molecule has 1 fully saturated rings. The van der Waals surface area contributed by atoms with Gasteiger partial charge in [0.15, 0.2) is 5.69 Å². The van der Waals surface area contributed by atoms with Gasteiger partial charge in [-0.25, -0.2) is 14.8 Å². The second-order valence-electron chi connectivity index (χ2n) is 13.4. The summed E-state index contributed by atoms with van der Waals surface area (Å²) < 4.78 is 11.8. The summed E-state index contributed by atoms with van der Waals surface area (Å²) in [6, 6.07) is 4.37. The van der Waals surface area contributed by atoms with Crippen molar-refractivity contribution in [3.05, 3.63) is 35.7 Å². The minimum Gasteiger partial charge on any atom is -0.507 e. The average Bonchev–Trinajstić information content (AvgIpc) is 3.41. The molecule has 3 unspecified atom stereocenters. The van der Waals surface area contributed by atoms with Crippen LogP contribution in [-0.4, -0.2) is 81.7 Å². The number of hydrogen-bond acceptors (Lipinski definition) is 10. The number of ether oxygens (including phenoxy) is 1. The topological polar surface area (TPSA) is 200 Å². The predicted molar refractivity (Wildman–Crippen MR) is 184 cm³/mol. The highest BCUT2D eigenvalue weighted by Gasteiger charge is 2.42. The molecule has 2 heterocycles. The molecule has 0 saturated carbocycles. The van der Waals surface area contributed by atoms with Crippen molar-refractivity contribution in [2.24, 2.45) is 5.41 Å². The number of rotatable bonds is 20. The number of nitrogens with one attached hydrogen (secondary N) is 3. The van der Waals surface area contributed by atoms with Crippen molar-refractivity contribution < 1.29 is 43.4 Å². The van der Waals surface area contributed by atoms with Crippen LogP contribution >= 0.6 is 0 Å². The van der Waals surface area contributed by atoms with Gasteiger partial charge in [0, 0.05) is 13.1 Å².